The molecule has 4 N–H and O–H groups in total. The second-order valence-corrected chi connectivity index (χ2v) is 1.71. The van der Waals surface area contributed by atoms with Crippen LogP contribution in [0, 0.1) is 0 Å². The van der Waals surface area contributed by atoms with Gasteiger partial charge in [-0.1, -0.05) is 0 Å². The first kappa shape index (κ1) is 23.0. The van der Waals surface area contributed by atoms with E-state index in [0.717, 1.165) is 0 Å². The van der Waals surface area contributed by atoms with Crippen molar-refractivity contribution in [2.75, 3.05) is 0 Å². The van der Waals surface area contributed by atoms with Crippen molar-refractivity contribution in [3.05, 3.63) is 0 Å². The molecule has 0 aliphatic heterocycles. The molecule has 0 spiro atoms. The molecule has 5 nitrogen and oxygen atoms in total. The predicted octanol–water partition coefficient (Wildman–Crippen LogP) is -2.83. The Hall–Kier alpha value is 1.10. The van der Waals surface area contributed by atoms with Gasteiger partial charge in [-0.15, -0.1) is 0 Å². The Kier molecular flexibility index (Phi) is 23.2. The number of hydrogen-bond acceptors (Lipinski definition) is 2. The van der Waals surface area contributed by atoms with E-state index in [1.165, 1.54) is 0 Å². The van der Waals surface area contributed by atoms with E-state index in [9.17, 15) is 0 Å². The van der Waals surface area contributed by atoms with Crippen molar-refractivity contribution in [1.82, 2.24) is 0 Å². The summed E-state index contributed by atoms with van der Waals surface area (Å²) >= 11 is -5.12. The van der Waals surface area contributed by atoms with Gasteiger partial charge in [-0.3, -0.25) is 0 Å². The van der Waals surface area contributed by atoms with Crippen LogP contribution in [0.5, 0.6) is 0 Å². The third kappa shape index (κ3) is 217. The van der Waals surface area contributed by atoms with Crippen molar-refractivity contribution in [1.29, 1.82) is 0 Å². The van der Waals surface area contributed by atoms with E-state index in [0.29, 0.717) is 0 Å². The van der Waals surface area contributed by atoms with E-state index in [1.807, 2.05) is 0 Å². The zero-order chi connectivity index (χ0) is 4.50. The third-order valence-electron chi connectivity index (χ3n) is 0. The maximum atomic E-state index is 8.80. The first-order chi connectivity index (χ1) is 2.00. The van der Waals surface area contributed by atoms with Gasteiger partial charge in [-0.25, -0.2) is 0 Å². The molecular weight excluding hydrogens is 201 g/mol. The minimum atomic E-state index is -5.12. The van der Waals surface area contributed by atoms with E-state index in [1.54, 1.807) is 0 Å². The average molecular weight is 206 g/mol. The Balaban J connectivity index is -0.0000000267. The van der Waals surface area contributed by atoms with Crippen molar-refractivity contribution in [2.24, 2.45) is 0 Å². The zero-order valence-corrected chi connectivity index (χ0v) is 5.14. The first-order valence-electron chi connectivity index (χ1n) is 0.647. The minimum absolute atomic E-state index is 0. The van der Waals surface area contributed by atoms with E-state index < -0.39 is 13.4 Å². The van der Waals surface area contributed by atoms with Gasteiger partial charge >= 0.3 is 48.3 Å². The zero-order valence-electron chi connectivity index (χ0n) is 2.92. The molecule has 0 aliphatic carbocycles. The molecule has 52 valence electrons. The van der Waals surface area contributed by atoms with Crippen molar-refractivity contribution in [2.45, 2.75) is 0 Å². The fourth-order valence-electron chi connectivity index (χ4n) is 0. The second kappa shape index (κ2) is 8.10. The predicted molar refractivity (Wildman–Crippen MR) is 16.6 cm³/mol. The van der Waals surface area contributed by atoms with Crippen LogP contribution >= 0.6 is 0 Å². The van der Waals surface area contributed by atoms with Gasteiger partial charge < -0.3 is 5.48 Å². The van der Waals surface area contributed by atoms with E-state index in [-0.39, 0.29) is 41.1 Å². The summed E-state index contributed by atoms with van der Waals surface area (Å²) < 4.78 is 31.8. The Bertz CT molecular complexity index is 95.6. The molecule has 0 aromatic rings. The molecule has 0 amide bonds. The van der Waals surface area contributed by atoms with Crippen LogP contribution in [0.3, 0.4) is 0 Å². The summed E-state index contributed by atoms with van der Waals surface area (Å²) in [6.45, 7) is 0. The second-order valence-electron chi connectivity index (χ2n) is 0.415. The Labute approximate surface area is 70.4 Å². The van der Waals surface area contributed by atoms with Gasteiger partial charge in [0, 0.05) is 16.8 Å². The molecule has 0 bridgehead atoms. The van der Waals surface area contributed by atoms with Crippen LogP contribution < -0.4 is 0 Å². The molecule has 0 rings (SSSR count). The SMILES string of the molecule is O.[Co].[LiH].[O]=[Mn](=[O])([OH])[OH]. The van der Waals surface area contributed by atoms with Crippen LogP contribution in [0.25, 0.3) is 0 Å². The van der Waals surface area contributed by atoms with Crippen molar-refractivity contribution < 1.29 is 51.7 Å². The summed E-state index contributed by atoms with van der Waals surface area (Å²) in [6.07, 6.45) is 0. The van der Waals surface area contributed by atoms with E-state index in [4.69, 9.17) is 16.0 Å². The third-order valence-corrected chi connectivity index (χ3v) is 0. The van der Waals surface area contributed by atoms with Crippen molar-refractivity contribution >= 4 is 18.9 Å². The molecule has 1 radical (unpaired) electrons. The maximum absolute atomic E-state index is 8.80. The fourth-order valence-corrected chi connectivity index (χ4v) is 0. The van der Waals surface area contributed by atoms with Gasteiger partial charge in [0.2, 0.25) is 0 Å². The molecule has 8 heavy (non-hydrogen) atoms. The van der Waals surface area contributed by atoms with Gasteiger partial charge in [0.25, 0.3) is 0 Å². The summed E-state index contributed by atoms with van der Waals surface area (Å²) in [5, 5.41) is 0. The van der Waals surface area contributed by atoms with Gasteiger partial charge in [0.05, 0.1) is 0 Å². The van der Waals surface area contributed by atoms with Gasteiger partial charge in [-0.2, -0.15) is 0 Å². The summed E-state index contributed by atoms with van der Waals surface area (Å²) in [4.78, 5) is 0. The topological polar surface area (TPSA) is 106 Å². The molecule has 0 saturated carbocycles. The van der Waals surface area contributed by atoms with Crippen molar-refractivity contribution in [3.63, 3.8) is 0 Å². The molecule has 0 aliphatic rings. The molecule has 0 saturated heterocycles. The molecule has 0 fully saturated rings. The van der Waals surface area contributed by atoms with E-state index >= 15 is 0 Å². The van der Waals surface area contributed by atoms with Gasteiger partial charge in [0.15, 0.2) is 0 Å². The molecule has 0 aromatic heterocycles. The summed E-state index contributed by atoms with van der Waals surface area (Å²) in [5.41, 5.74) is 0. The Morgan fingerprint density at radius 3 is 1.12 bits per heavy atom. The van der Waals surface area contributed by atoms with Crippen LogP contribution in [-0.4, -0.2) is 32.7 Å². The standard InChI is InChI=1S/Co.Li.Mn.3H2O.2O.H/h;;;3*1H2;;;/q;;+2;;;;;;/p-2. The first-order valence-corrected chi connectivity index (χ1v) is 2.67. The number of hydrogen-bond donors (Lipinski definition) is 2. The molecule has 0 heterocycles. The van der Waals surface area contributed by atoms with Gasteiger partial charge in [0.1, 0.15) is 0 Å². The van der Waals surface area contributed by atoms with Crippen LogP contribution in [0.2, 0.25) is 0 Å². The Morgan fingerprint density at radius 1 is 1.12 bits per heavy atom. The fraction of sp³-hybridized carbons (Fsp3) is 0. The van der Waals surface area contributed by atoms with Gasteiger partial charge in [-0.05, 0) is 0 Å². The van der Waals surface area contributed by atoms with E-state index in [2.05, 4.69) is 0 Å². The summed E-state index contributed by atoms with van der Waals surface area (Å²) in [5.74, 6) is 0. The Morgan fingerprint density at radius 2 is 1.12 bits per heavy atom. The molecule has 8 heteroatoms. The monoisotopic (exact) mass is 206 g/mol. The average Bonchev–Trinajstić information content (AvgIpc) is 0.722. The van der Waals surface area contributed by atoms with Crippen molar-refractivity contribution in [3.8, 4) is 0 Å². The molecule has 0 atom stereocenters. The summed E-state index contributed by atoms with van der Waals surface area (Å²) in [7, 11) is 0. The quantitative estimate of drug-likeness (QED) is 0.416. The normalized spacial score (nSPS) is 7.25. The summed E-state index contributed by atoms with van der Waals surface area (Å²) in [6, 6.07) is 0. The molecule has 0 unspecified atom stereocenters. The van der Waals surface area contributed by atoms with Crippen LogP contribution in [0.1, 0.15) is 0 Å². The van der Waals surface area contributed by atoms with Crippen LogP contribution in [0.4, 0.5) is 0 Å². The molecule has 0 aromatic carbocycles. The molecular formula is H5CoLiMnO5. The number of rotatable bonds is 0. The van der Waals surface area contributed by atoms with Crippen LogP contribution in [-0.2, 0) is 37.8 Å². The van der Waals surface area contributed by atoms with Crippen LogP contribution in [0.15, 0.2) is 0 Å².